The predicted octanol–water partition coefficient (Wildman–Crippen LogP) is 2.86. The van der Waals surface area contributed by atoms with Crippen LogP contribution in [0.25, 0.3) is 6.08 Å². The van der Waals surface area contributed by atoms with Crippen LogP contribution in [0.15, 0.2) is 36.4 Å². The highest BCUT2D eigenvalue weighted by Crippen LogP contribution is 2.33. The summed E-state index contributed by atoms with van der Waals surface area (Å²) in [5.41, 5.74) is 0.240. The highest BCUT2D eigenvalue weighted by Gasteiger charge is 2.41. The van der Waals surface area contributed by atoms with Crippen molar-refractivity contribution < 1.29 is 27.5 Å². The minimum atomic E-state index is -3.95. The van der Waals surface area contributed by atoms with Crippen molar-refractivity contribution in [1.82, 2.24) is 9.03 Å². The standard InChI is InChI=1S/C18H17ClFN3O5S2/c1-23-15(18(26)21-10-2-5-13(20)12(19)8-10)9-14(22-30(23,27)28)16-6-3-11(29-16)4-7-17(24)25/h2-8,14-15,22H,9H2,1H3,(H,21,26)(H,24,25). The number of halogens is 2. The number of hydrogen-bond donors (Lipinski definition) is 3. The molecule has 12 heteroatoms. The van der Waals surface area contributed by atoms with E-state index in [1.807, 2.05) is 0 Å². The van der Waals surface area contributed by atoms with Gasteiger partial charge in [0.05, 0.1) is 11.1 Å². The van der Waals surface area contributed by atoms with Gasteiger partial charge in [-0.25, -0.2) is 9.18 Å². The van der Waals surface area contributed by atoms with Gasteiger partial charge in [-0.1, -0.05) is 11.6 Å². The average molecular weight is 474 g/mol. The van der Waals surface area contributed by atoms with Gasteiger partial charge in [0.15, 0.2) is 0 Å². The molecule has 160 valence electrons. The van der Waals surface area contributed by atoms with Crippen LogP contribution in [-0.4, -0.2) is 42.8 Å². The molecule has 0 saturated carbocycles. The summed E-state index contributed by atoms with van der Waals surface area (Å²) >= 11 is 6.94. The van der Waals surface area contributed by atoms with Crippen molar-refractivity contribution >= 4 is 56.8 Å². The summed E-state index contributed by atoms with van der Waals surface area (Å²) in [5, 5.41) is 11.1. The third-order valence-electron chi connectivity index (χ3n) is 4.44. The fraction of sp³-hybridized carbons (Fsp3) is 0.222. The van der Waals surface area contributed by atoms with Crippen LogP contribution in [0.4, 0.5) is 10.1 Å². The molecule has 1 aromatic heterocycles. The molecule has 1 amide bonds. The van der Waals surface area contributed by atoms with Crippen LogP contribution in [0.2, 0.25) is 5.02 Å². The summed E-state index contributed by atoms with van der Waals surface area (Å²) in [5.74, 6) is -2.32. The topological polar surface area (TPSA) is 116 Å². The van der Waals surface area contributed by atoms with Gasteiger partial charge in [-0.3, -0.25) is 4.79 Å². The lowest BCUT2D eigenvalue weighted by atomic mass is 10.1. The number of carboxylic acid groups (broad SMARTS) is 1. The first-order valence-corrected chi connectivity index (χ1v) is 11.2. The number of benzene rings is 1. The number of thiophene rings is 1. The first kappa shape index (κ1) is 22.4. The van der Waals surface area contributed by atoms with Crippen LogP contribution < -0.4 is 10.0 Å². The summed E-state index contributed by atoms with van der Waals surface area (Å²) in [7, 11) is -2.66. The summed E-state index contributed by atoms with van der Waals surface area (Å²) < 4.78 is 41.8. The third-order valence-corrected chi connectivity index (χ3v) is 7.49. The largest absolute Gasteiger partial charge is 0.478 e. The van der Waals surface area contributed by atoms with Crippen molar-refractivity contribution in [3.8, 4) is 0 Å². The summed E-state index contributed by atoms with van der Waals surface area (Å²) in [6.07, 6.45) is 2.53. The molecule has 0 radical (unpaired) electrons. The van der Waals surface area contributed by atoms with Gasteiger partial charge in [-0.2, -0.15) is 17.4 Å². The lowest BCUT2D eigenvalue weighted by molar-refractivity contribution is -0.131. The second kappa shape index (κ2) is 8.82. The molecule has 30 heavy (non-hydrogen) atoms. The van der Waals surface area contributed by atoms with Crippen LogP contribution in [0.3, 0.4) is 0 Å². The lowest BCUT2D eigenvalue weighted by Gasteiger charge is -2.35. The zero-order chi connectivity index (χ0) is 22.1. The summed E-state index contributed by atoms with van der Waals surface area (Å²) in [6.45, 7) is 0. The van der Waals surface area contributed by atoms with E-state index in [-0.39, 0.29) is 17.1 Å². The number of likely N-dealkylation sites (N-methyl/N-ethyl adjacent to an activating group) is 1. The van der Waals surface area contributed by atoms with Gasteiger partial charge in [0.1, 0.15) is 11.9 Å². The van der Waals surface area contributed by atoms with Gasteiger partial charge in [0.2, 0.25) is 5.91 Å². The van der Waals surface area contributed by atoms with E-state index < -0.39 is 40.0 Å². The van der Waals surface area contributed by atoms with E-state index in [4.69, 9.17) is 16.7 Å². The molecule has 3 N–H and O–H groups in total. The molecule has 2 heterocycles. The van der Waals surface area contributed by atoms with Crippen LogP contribution in [-0.2, 0) is 19.8 Å². The molecule has 0 aliphatic carbocycles. The van der Waals surface area contributed by atoms with E-state index >= 15 is 0 Å². The first-order valence-electron chi connectivity index (χ1n) is 8.59. The lowest BCUT2D eigenvalue weighted by Crippen LogP contribution is -2.55. The number of amides is 1. The Morgan fingerprint density at radius 1 is 1.37 bits per heavy atom. The molecule has 3 rings (SSSR count). The Kier molecular flexibility index (Phi) is 6.58. The van der Waals surface area contributed by atoms with E-state index in [2.05, 4.69) is 10.0 Å². The highest BCUT2D eigenvalue weighted by molar-refractivity contribution is 7.87. The Morgan fingerprint density at radius 2 is 2.10 bits per heavy atom. The zero-order valence-electron chi connectivity index (χ0n) is 15.5. The van der Waals surface area contributed by atoms with Gasteiger partial charge >= 0.3 is 5.97 Å². The minimum Gasteiger partial charge on any atom is -0.478 e. The van der Waals surface area contributed by atoms with E-state index in [0.717, 1.165) is 16.4 Å². The number of nitrogens with one attached hydrogen (secondary N) is 2. The second-order valence-electron chi connectivity index (χ2n) is 6.47. The van der Waals surface area contributed by atoms with E-state index in [1.165, 1.54) is 36.6 Å². The Labute approximate surface area is 181 Å². The average Bonchev–Trinajstić information content (AvgIpc) is 3.14. The fourth-order valence-corrected chi connectivity index (χ4v) is 5.39. The van der Waals surface area contributed by atoms with E-state index in [0.29, 0.717) is 9.75 Å². The number of carbonyl (C=O) groups excluding carboxylic acids is 1. The van der Waals surface area contributed by atoms with Crippen molar-refractivity contribution in [2.75, 3.05) is 12.4 Å². The number of carboxylic acids is 1. The normalized spacial score (nSPS) is 21.6. The Hall–Kier alpha value is -2.31. The quantitative estimate of drug-likeness (QED) is 0.577. The van der Waals surface area contributed by atoms with E-state index in [9.17, 15) is 22.4 Å². The Bertz CT molecular complexity index is 1120. The summed E-state index contributed by atoms with van der Waals surface area (Å²) in [6, 6.07) is 5.32. The molecule has 8 nitrogen and oxygen atoms in total. The molecule has 1 saturated heterocycles. The molecule has 0 spiro atoms. The summed E-state index contributed by atoms with van der Waals surface area (Å²) in [4.78, 5) is 24.7. The van der Waals surface area contributed by atoms with Crippen LogP contribution >= 0.6 is 22.9 Å². The molecule has 1 aromatic carbocycles. The van der Waals surface area contributed by atoms with Gasteiger partial charge in [-0.05, 0) is 42.8 Å². The fourth-order valence-electron chi connectivity index (χ4n) is 2.89. The van der Waals surface area contributed by atoms with Crippen LogP contribution in [0.1, 0.15) is 22.2 Å². The maximum absolute atomic E-state index is 13.3. The molecule has 2 unspecified atom stereocenters. The van der Waals surface area contributed by atoms with E-state index in [1.54, 1.807) is 12.1 Å². The van der Waals surface area contributed by atoms with Crippen molar-refractivity contribution in [2.24, 2.45) is 0 Å². The molecule has 0 bridgehead atoms. The van der Waals surface area contributed by atoms with Gasteiger partial charge in [0.25, 0.3) is 10.2 Å². The second-order valence-corrected chi connectivity index (χ2v) is 9.79. The number of aliphatic carboxylic acids is 1. The van der Waals surface area contributed by atoms with Gasteiger partial charge in [-0.15, -0.1) is 11.3 Å². The van der Waals surface area contributed by atoms with Crippen molar-refractivity contribution in [3.05, 3.63) is 57.0 Å². The smallest absolute Gasteiger partial charge is 0.328 e. The van der Waals surface area contributed by atoms with Crippen molar-refractivity contribution in [2.45, 2.75) is 18.5 Å². The number of rotatable bonds is 5. The zero-order valence-corrected chi connectivity index (χ0v) is 17.9. The van der Waals surface area contributed by atoms with Crippen LogP contribution in [0, 0.1) is 5.82 Å². The third kappa shape index (κ3) is 5.05. The number of anilines is 1. The molecule has 1 fully saturated rings. The Balaban J connectivity index is 1.81. The number of hydrogen-bond acceptors (Lipinski definition) is 5. The highest BCUT2D eigenvalue weighted by atomic mass is 35.5. The molecular formula is C18H17ClFN3O5S2. The van der Waals surface area contributed by atoms with Gasteiger partial charge < -0.3 is 10.4 Å². The maximum Gasteiger partial charge on any atom is 0.328 e. The molecular weight excluding hydrogens is 457 g/mol. The Morgan fingerprint density at radius 3 is 2.77 bits per heavy atom. The molecule has 2 atom stereocenters. The molecule has 1 aliphatic heterocycles. The van der Waals surface area contributed by atoms with Gasteiger partial charge in [0, 0.05) is 28.6 Å². The predicted molar refractivity (Wildman–Crippen MR) is 112 cm³/mol. The maximum atomic E-state index is 13.3. The number of nitrogens with zero attached hydrogens (tertiary/aromatic N) is 1. The SMILES string of the molecule is CN1C(C(=O)Nc2ccc(F)c(Cl)c2)CC(c2ccc(C=CC(=O)O)s2)NS1(=O)=O. The van der Waals surface area contributed by atoms with Crippen molar-refractivity contribution in [1.29, 1.82) is 0 Å². The van der Waals surface area contributed by atoms with Crippen LogP contribution in [0.5, 0.6) is 0 Å². The molecule has 2 aromatic rings. The number of carbonyl (C=O) groups is 2. The monoisotopic (exact) mass is 473 g/mol. The first-order chi connectivity index (χ1) is 14.1. The van der Waals surface area contributed by atoms with Crippen molar-refractivity contribution in [3.63, 3.8) is 0 Å². The minimum absolute atomic E-state index is 0.138. The molecule has 1 aliphatic rings.